The molecule has 0 fully saturated rings. The first-order valence-electron chi connectivity index (χ1n) is 4.71. The van der Waals surface area contributed by atoms with E-state index in [1.165, 1.54) is 0 Å². The fourth-order valence-corrected chi connectivity index (χ4v) is 1.72. The second-order valence-corrected chi connectivity index (χ2v) is 4.54. The van der Waals surface area contributed by atoms with Crippen molar-refractivity contribution < 1.29 is 18.4 Å². The third-order valence-electron chi connectivity index (χ3n) is 1.52. The van der Waals surface area contributed by atoms with E-state index in [1.54, 1.807) is 0 Å². The molecule has 0 aliphatic rings. The SMILES string of the molecule is CCCCCCOP(N)(=O)OC(C)=O. The summed E-state index contributed by atoms with van der Waals surface area (Å²) in [4.78, 5) is 10.4. The number of rotatable bonds is 7. The van der Waals surface area contributed by atoms with Crippen molar-refractivity contribution in [2.75, 3.05) is 6.61 Å². The van der Waals surface area contributed by atoms with Crippen LogP contribution in [-0.2, 0) is 18.4 Å². The van der Waals surface area contributed by atoms with Gasteiger partial charge in [0.2, 0.25) is 0 Å². The quantitative estimate of drug-likeness (QED) is 0.528. The van der Waals surface area contributed by atoms with Crippen molar-refractivity contribution in [3.05, 3.63) is 0 Å². The van der Waals surface area contributed by atoms with Gasteiger partial charge in [-0.1, -0.05) is 26.2 Å². The number of carbonyl (C=O) groups excluding carboxylic acids is 1. The third-order valence-corrected chi connectivity index (χ3v) is 2.58. The molecular weight excluding hydrogens is 205 g/mol. The molecule has 0 amide bonds. The Hall–Kier alpha value is -0.380. The third kappa shape index (κ3) is 8.23. The first kappa shape index (κ1) is 13.6. The smallest absolute Gasteiger partial charge is 0.380 e. The van der Waals surface area contributed by atoms with E-state index < -0.39 is 13.7 Å². The molecule has 2 N–H and O–H groups in total. The zero-order chi connectivity index (χ0) is 11.0. The molecule has 0 heterocycles. The molecular formula is C8H18NO4P. The van der Waals surface area contributed by atoms with E-state index in [2.05, 4.69) is 11.4 Å². The molecule has 6 heteroatoms. The molecule has 0 rings (SSSR count). The lowest BCUT2D eigenvalue weighted by atomic mass is 10.2. The summed E-state index contributed by atoms with van der Waals surface area (Å²) in [5.74, 6) is -0.690. The number of hydrogen-bond acceptors (Lipinski definition) is 4. The zero-order valence-corrected chi connectivity index (χ0v) is 9.59. The number of hydrogen-bond donors (Lipinski definition) is 1. The minimum absolute atomic E-state index is 0.265. The van der Waals surface area contributed by atoms with Gasteiger partial charge in [0.15, 0.2) is 0 Å². The minimum Gasteiger partial charge on any atom is -0.380 e. The van der Waals surface area contributed by atoms with Crippen LogP contribution >= 0.6 is 7.75 Å². The van der Waals surface area contributed by atoms with Crippen LogP contribution in [0.2, 0.25) is 0 Å². The van der Waals surface area contributed by atoms with Gasteiger partial charge in [0.1, 0.15) is 0 Å². The molecule has 0 aromatic carbocycles. The number of nitrogens with two attached hydrogens (primary N) is 1. The molecule has 0 aliphatic carbocycles. The predicted molar refractivity (Wildman–Crippen MR) is 53.7 cm³/mol. The van der Waals surface area contributed by atoms with Crippen molar-refractivity contribution in [2.24, 2.45) is 5.50 Å². The highest BCUT2D eigenvalue weighted by molar-refractivity contribution is 7.51. The van der Waals surface area contributed by atoms with E-state index in [4.69, 9.17) is 10.0 Å². The molecule has 0 aromatic heterocycles. The van der Waals surface area contributed by atoms with Crippen molar-refractivity contribution >= 4 is 13.7 Å². The highest BCUT2D eigenvalue weighted by Gasteiger charge is 2.20. The summed E-state index contributed by atoms with van der Waals surface area (Å²) in [6, 6.07) is 0. The maximum Gasteiger partial charge on any atom is 0.458 e. The highest BCUT2D eigenvalue weighted by Crippen LogP contribution is 2.39. The number of carbonyl (C=O) groups is 1. The van der Waals surface area contributed by atoms with Crippen LogP contribution in [0.1, 0.15) is 39.5 Å². The summed E-state index contributed by atoms with van der Waals surface area (Å²) in [7, 11) is -3.65. The molecule has 5 nitrogen and oxygen atoms in total. The largest absolute Gasteiger partial charge is 0.458 e. The van der Waals surface area contributed by atoms with E-state index in [0.29, 0.717) is 0 Å². The summed E-state index contributed by atoms with van der Waals surface area (Å²) in [5.41, 5.74) is 5.12. The van der Waals surface area contributed by atoms with Crippen LogP contribution in [-0.4, -0.2) is 12.6 Å². The second kappa shape index (κ2) is 6.98. The van der Waals surface area contributed by atoms with Crippen molar-refractivity contribution in [1.82, 2.24) is 0 Å². The van der Waals surface area contributed by atoms with Gasteiger partial charge in [-0.15, -0.1) is 0 Å². The Morgan fingerprint density at radius 3 is 2.50 bits per heavy atom. The van der Waals surface area contributed by atoms with Crippen LogP contribution in [0.15, 0.2) is 0 Å². The Bertz CT molecular complexity index is 219. The first-order chi connectivity index (χ1) is 6.48. The molecule has 84 valence electrons. The van der Waals surface area contributed by atoms with Crippen LogP contribution in [0.5, 0.6) is 0 Å². The van der Waals surface area contributed by atoms with Gasteiger partial charge in [0.05, 0.1) is 6.61 Å². The minimum atomic E-state index is -3.65. The molecule has 0 bridgehead atoms. The van der Waals surface area contributed by atoms with Crippen LogP contribution in [0.3, 0.4) is 0 Å². The highest BCUT2D eigenvalue weighted by atomic mass is 31.2. The van der Waals surface area contributed by atoms with Gasteiger partial charge in [-0.25, -0.2) is 10.1 Å². The monoisotopic (exact) mass is 223 g/mol. The van der Waals surface area contributed by atoms with Gasteiger partial charge in [0.25, 0.3) is 0 Å². The summed E-state index contributed by atoms with van der Waals surface area (Å²) in [6.45, 7) is 3.49. The average Bonchev–Trinajstić information content (AvgIpc) is 2.01. The Kier molecular flexibility index (Phi) is 6.79. The van der Waals surface area contributed by atoms with Gasteiger partial charge >= 0.3 is 13.7 Å². The lowest BCUT2D eigenvalue weighted by Gasteiger charge is -2.11. The van der Waals surface area contributed by atoms with Crippen LogP contribution in [0.4, 0.5) is 0 Å². The first-order valence-corrected chi connectivity index (χ1v) is 6.32. The normalized spacial score (nSPS) is 14.8. The molecule has 14 heavy (non-hydrogen) atoms. The van der Waals surface area contributed by atoms with Crippen LogP contribution < -0.4 is 5.50 Å². The van der Waals surface area contributed by atoms with Gasteiger partial charge < -0.3 is 4.52 Å². The Morgan fingerprint density at radius 2 is 2.00 bits per heavy atom. The summed E-state index contributed by atoms with van der Waals surface area (Å²) >= 11 is 0. The second-order valence-electron chi connectivity index (χ2n) is 3.02. The van der Waals surface area contributed by atoms with Crippen molar-refractivity contribution in [3.8, 4) is 0 Å². The fourth-order valence-electron chi connectivity index (χ4n) is 0.926. The van der Waals surface area contributed by atoms with Gasteiger partial charge in [-0.3, -0.25) is 9.32 Å². The molecule has 1 unspecified atom stereocenters. The Labute approximate surface area is 84.5 Å². The Balaban J connectivity index is 3.56. The predicted octanol–water partition coefficient (Wildman–Crippen LogP) is 2.21. The van der Waals surface area contributed by atoms with Gasteiger partial charge in [-0.2, -0.15) is 0 Å². The average molecular weight is 223 g/mol. The maximum atomic E-state index is 11.2. The molecule has 0 aromatic rings. The Morgan fingerprint density at radius 1 is 1.36 bits per heavy atom. The maximum absolute atomic E-state index is 11.2. The van der Waals surface area contributed by atoms with Gasteiger partial charge in [-0.05, 0) is 6.42 Å². The van der Waals surface area contributed by atoms with Gasteiger partial charge in [0, 0.05) is 6.92 Å². The molecule has 0 radical (unpaired) electrons. The molecule has 0 saturated carbocycles. The van der Waals surface area contributed by atoms with E-state index in [1.807, 2.05) is 0 Å². The van der Waals surface area contributed by atoms with Crippen LogP contribution in [0, 0.1) is 0 Å². The molecule has 0 aliphatic heterocycles. The van der Waals surface area contributed by atoms with Crippen LogP contribution in [0.25, 0.3) is 0 Å². The molecule has 0 saturated heterocycles. The lowest BCUT2D eigenvalue weighted by molar-refractivity contribution is -0.132. The van der Waals surface area contributed by atoms with E-state index in [9.17, 15) is 9.36 Å². The lowest BCUT2D eigenvalue weighted by Crippen LogP contribution is -2.08. The molecule has 0 spiro atoms. The molecule has 1 atom stereocenters. The standard InChI is InChI=1S/C8H18NO4P/c1-3-4-5-6-7-12-14(9,11)13-8(2)10/h3-7H2,1-2H3,(H2,9,11). The topological polar surface area (TPSA) is 78.6 Å². The zero-order valence-electron chi connectivity index (χ0n) is 8.69. The van der Waals surface area contributed by atoms with E-state index >= 15 is 0 Å². The summed E-state index contributed by atoms with van der Waals surface area (Å²) < 4.78 is 20.3. The van der Waals surface area contributed by atoms with Crippen molar-refractivity contribution in [3.63, 3.8) is 0 Å². The van der Waals surface area contributed by atoms with Crippen molar-refractivity contribution in [2.45, 2.75) is 39.5 Å². The van der Waals surface area contributed by atoms with E-state index in [-0.39, 0.29) is 6.61 Å². The number of unbranched alkanes of at least 4 members (excludes halogenated alkanes) is 3. The fraction of sp³-hybridized carbons (Fsp3) is 0.875. The van der Waals surface area contributed by atoms with E-state index in [0.717, 1.165) is 32.6 Å². The summed E-state index contributed by atoms with van der Waals surface area (Å²) in [6.07, 6.45) is 3.99. The summed E-state index contributed by atoms with van der Waals surface area (Å²) in [5, 5.41) is 0. The van der Waals surface area contributed by atoms with Crippen molar-refractivity contribution in [1.29, 1.82) is 0 Å².